The van der Waals surface area contributed by atoms with Crippen LogP contribution in [0.3, 0.4) is 0 Å². The van der Waals surface area contributed by atoms with Crippen molar-refractivity contribution in [3.63, 3.8) is 0 Å². The maximum atomic E-state index is 13.4. The fourth-order valence-corrected chi connectivity index (χ4v) is 2.08. The fraction of sp³-hybridized carbons (Fsp3) is 0.455. The summed E-state index contributed by atoms with van der Waals surface area (Å²) in [5.74, 6) is 0.127. The van der Waals surface area contributed by atoms with E-state index in [2.05, 4.69) is 5.32 Å². The minimum absolute atomic E-state index is 0.172. The van der Waals surface area contributed by atoms with E-state index in [1.54, 1.807) is 13.0 Å². The molecule has 4 heteroatoms. The van der Waals surface area contributed by atoms with Gasteiger partial charge in [-0.3, -0.25) is 0 Å². The molecular formula is C11H14ClFN2. The molecule has 0 spiro atoms. The van der Waals surface area contributed by atoms with E-state index < -0.39 is 0 Å². The third kappa shape index (κ3) is 2.00. The first-order chi connectivity index (χ1) is 7.09. The molecule has 0 aromatic heterocycles. The third-order valence-electron chi connectivity index (χ3n) is 2.96. The lowest BCUT2D eigenvalue weighted by Crippen LogP contribution is -2.47. The first-order valence-corrected chi connectivity index (χ1v) is 5.39. The summed E-state index contributed by atoms with van der Waals surface area (Å²) in [7, 11) is 0. The van der Waals surface area contributed by atoms with Crippen LogP contribution in [0, 0.1) is 18.7 Å². The van der Waals surface area contributed by atoms with Crippen LogP contribution < -0.4 is 11.1 Å². The van der Waals surface area contributed by atoms with E-state index >= 15 is 0 Å². The number of halogens is 2. The second kappa shape index (κ2) is 4.08. The number of nitrogens with two attached hydrogens (primary N) is 1. The normalized spacial score (nSPS) is 18.7. The highest BCUT2D eigenvalue weighted by Gasteiger charge is 2.27. The third-order valence-corrected chi connectivity index (χ3v) is 3.29. The molecule has 1 aromatic carbocycles. The van der Waals surface area contributed by atoms with E-state index in [4.69, 9.17) is 17.3 Å². The van der Waals surface area contributed by atoms with Crippen LogP contribution in [0.5, 0.6) is 0 Å². The number of nitrogens with one attached hydrogen (secondary N) is 1. The lowest BCUT2D eigenvalue weighted by molar-refractivity contribution is 0.294. The van der Waals surface area contributed by atoms with Crippen LogP contribution in [-0.4, -0.2) is 13.1 Å². The molecule has 1 aliphatic rings. The molecule has 15 heavy (non-hydrogen) atoms. The Balaban J connectivity index is 2.30. The van der Waals surface area contributed by atoms with Crippen molar-refractivity contribution >= 4 is 11.6 Å². The molecule has 1 heterocycles. The average molecular weight is 229 g/mol. The van der Waals surface area contributed by atoms with Gasteiger partial charge in [0, 0.05) is 30.1 Å². The molecule has 0 bridgehead atoms. The monoisotopic (exact) mass is 228 g/mol. The summed E-state index contributed by atoms with van der Waals surface area (Å²) in [5.41, 5.74) is 7.30. The number of benzene rings is 1. The molecule has 1 saturated heterocycles. The van der Waals surface area contributed by atoms with Crippen LogP contribution in [0.15, 0.2) is 12.1 Å². The van der Waals surface area contributed by atoms with Crippen molar-refractivity contribution in [1.82, 2.24) is 5.32 Å². The van der Waals surface area contributed by atoms with E-state index in [0.717, 1.165) is 13.1 Å². The van der Waals surface area contributed by atoms with E-state index in [9.17, 15) is 4.39 Å². The predicted octanol–water partition coefficient (Wildman–Crippen LogP) is 2.01. The van der Waals surface area contributed by atoms with Crippen LogP contribution in [0.4, 0.5) is 4.39 Å². The van der Waals surface area contributed by atoms with Crippen molar-refractivity contribution in [2.75, 3.05) is 13.1 Å². The molecule has 3 N–H and O–H groups in total. The van der Waals surface area contributed by atoms with Gasteiger partial charge in [0.25, 0.3) is 0 Å². The van der Waals surface area contributed by atoms with Gasteiger partial charge in [-0.15, -0.1) is 0 Å². The molecule has 1 atom stereocenters. The van der Waals surface area contributed by atoms with Crippen molar-refractivity contribution in [2.45, 2.75) is 13.0 Å². The first-order valence-electron chi connectivity index (χ1n) is 5.01. The molecule has 1 aliphatic heterocycles. The summed E-state index contributed by atoms with van der Waals surface area (Å²) in [5, 5.41) is 3.70. The summed E-state index contributed by atoms with van der Waals surface area (Å²) in [6, 6.07) is 2.92. The lowest BCUT2D eigenvalue weighted by Gasteiger charge is -2.33. The van der Waals surface area contributed by atoms with Crippen LogP contribution in [-0.2, 0) is 0 Å². The van der Waals surface area contributed by atoms with Crippen molar-refractivity contribution in [1.29, 1.82) is 0 Å². The maximum absolute atomic E-state index is 13.4. The Labute approximate surface area is 93.6 Å². The van der Waals surface area contributed by atoms with E-state index in [0.29, 0.717) is 22.1 Å². The molecule has 2 nitrogen and oxygen atoms in total. The zero-order chi connectivity index (χ0) is 11.0. The predicted molar refractivity (Wildman–Crippen MR) is 59.4 cm³/mol. The molecule has 0 amide bonds. The van der Waals surface area contributed by atoms with Gasteiger partial charge in [-0.1, -0.05) is 11.6 Å². The van der Waals surface area contributed by atoms with Crippen molar-refractivity contribution < 1.29 is 4.39 Å². The fourth-order valence-electron chi connectivity index (χ4n) is 1.74. The number of hydrogen-bond acceptors (Lipinski definition) is 2. The summed E-state index contributed by atoms with van der Waals surface area (Å²) < 4.78 is 13.4. The highest BCUT2D eigenvalue weighted by atomic mass is 35.5. The van der Waals surface area contributed by atoms with Crippen LogP contribution in [0.25, 0.3) is 0 Å². The Morgan fingerprint density at radius 2 is 2.20 bits per heavy atom. The van der Waals surface area contributed by atoms with Crippen molar-refractivity contribution in [2.24, 2.45) is 11.7 Å². The molecule has 1 fully saturated rings. The van der Waals surface area contributed by atoms with Gasteiger partial charge in [-0.05, 0) is 30.2 Å². The Morgan fingerprint density at radius 1 is 1.53 bits per heavy atom. The zero-order valence-electron chi connectivity index (χ0n) is 8.56. The molecule has 0 saturated carbocycles. The average Bonchev–Trinajstić information content (AvgIpc) is 2.08. The van der Waals surface area contributed by atoms with E-state index in [-0.39, 0.29) is 11.9 Å². The van der Waals surface area contributed by atoms with Gasteiger partial charge in [0.1, 0.15) is 5.82 Å². The molecule has 0 radical (unpaired) electrons. The quantitative estimate of drug-likeness (QED) is 0.813. The van der Waals surface area contributed by atoms with Gasteiger partial charge in [0.15, 0.2) is 0 Å². The highest BCUT2D eigenvalue weighted by molar-refractivity contribution is 6.31. The van der Waals surface area contributed by atoms with Gasteiger partial charge >= 0.3 is 0 Å². The Morgan fingerprint density at radius 3 is 2.73 bits per heavy atom. The second-order valence-corrected chi connectivity index (χ2v) is 4.47. The van der Waals surface area contributed by atoms with Crippen molar-refractivity contribution in [3.8, 4) is 0 Å². The highest BCUT2D eigenvalue weighted by Crippen LogP contribution is 2.30. The Hall–Kier alpha value is -0.640. The second-order valence-electron chi connectivity index (χ2n) is 4.07. The number of aryl methyl sites for hydroxylation is 1. The van der Waals surface area contributed by atoms with Gasteiger partial charge in [0.2, 0.25) is 0 Å². The molecule has 1 aromatic rings. The van der Waals surface area contributed by atoms with E-state index in [1.165, 1.54) is 6.07 Å². The molecule has 0 aliphatic carbocycles. The smallest absolute Gasteiger partial charge is 0.126 e. The number of rotatable bonds is 2. The van der Waals surface area contributed by atoms with Crippen LogP contribution in [0.2, 0.25) is 5.02 Å². The summed E-state index contributed by atoms with van der Waals surface area (Å²) in [6.45, 7) is 3.46. The number of hydrogen-bond donors (Lipinski definition) is 2. The van der Waals surface area contributed by atoms with E-state index in [1.807, 2.05) is 0 Å². The Kier molecular flexibility index (Phi) is 2.96. The van der Waals surface area contributed by atoms with Crippen LogP contribution >= 0.6 is 11.6 Å². The standard InChI is InChI=1S/C11H14ClFN2/c1-6-2-9(12)8(3-10(6)13)11(14)7-4-15-5-7/h2-3,7,11,15H,4-5,14H2,1H3. The van der Waals surface area contributed by atoms with Crippen molar-refractivity contribution in [3.05, 3.63) is 34.1 Å². The molecule has 1 unspecified atom stereocenters. The Bertz CT molecular complexity index is 377. The topological polar surface area (TPSA) is 38.0 Å². The summed E-state index contributed by atoms with van der Waals surface area (Å²) >= 11 is 6.05. The van der Waals surface area contributed by atoms with Gasteiger partial charge in [0.05, 0.1) is 0 Å². The largest absolute Gasteiger partial charge is 0.324 e. The molecule has 2 rings (SSSR count). The SMILES string of the molecule is Cc1cc(Cl)c(C(N)C2CNC2)cc1F. The van der Waals surface area contributed by atoms with Crippen LogP contribution in [0.1, 0.15) is 17.2 Å². The first kappa shape index (κ1) is 10.9. The summed E-state index contributed by atoms with van der Waals surface area (Å²) in [6.07, 6.45) is 0. The minimum Gasteiger partial charge on any atom is -0.324 e. The molecular weight excluding hydrogens is 215 g/mol. The summed E-state index contributed by atoms with van der Waals surface area (Å²) in [4.78, 5) is 0. The minimum atomic E-state index is -0.239. The maximum Gasteiger partial charge on any atom is 0.126 e. The van der Waals surface area contributed by atoms with Gasteiger partial charge in [-0.2, -0.15) is 0 Å². The van der Waals surface area contributed by atoms with Gasteiger partial charge < -0.3 is 11.1 Å². The zero-order valence-corrected chi connectivity index (χ0v) is 9.31. The lowest BCUT2D eigenvalue weighted by atomic mass is 9.89. The molecule has 82 valence electrons. The van der Waals surface area contributed by atoms with Gasteiger partial charge in [-0.25, -0.2) is 4.39 Å².